The van der Waals surface area contributed by atoms with Crippen LogP contribution in [-0.2, 0) is 4.79 Å². The number of carbonyl (C=O) groups excluding carboxylic acids is 1. The van der Waals surface area contributed by atoms with E-state index in [0.29, 0.717) is 22.5 Å². The minimum atomic E-state index is -0.346. The van der Waals surface area contributed by atoms with Gasteiger partial charge >= 0.3 is 5.97 Å². The van der Waals surface area contributed by atoms with E-state index in [1.165, 1.54) is 12.3 Å². The van der Waals surface area contributed by atoms with Crippen LogP contribution in [0.3, 0.4) is 0 Å². The highest BCUT2D eigenvalue weighted by molar-refractivity contribution is 5.81. The number of hydrogen-bond donors (Lipinski definition) is 0. The number of aryl methyl sites for hydroxylation is 1. The van der Waals surface area contributed by atoms with Crippen molar-refractivity contribution in [1.82, 2.24) is 0 Å². The van der Waals surface area contributed by atoms with Crippen LogP contribution in [0.5, 0.6) is 17.2 Å². The van der Waals surface area contributed by atoms with Gasteiger partial charge in [0.05, 0.1) is 11.3 Å². The average Bonchev–Trinajstić information content (AvgIpc) is 2.57. The Labute approximate surface area is 144 Å². The van der Waals surface area contributed by atoms with E-state index in [1.807, 2.05) is 25.1 Å². The third kappa shape index (κ3) is 3.71. The number of hydrogen-bond acceptors (Lipinski definition) is 5. The lowest BCUT2D eigenvalue weighted by Gasteiger charge is -2.08. The fourth-order valence-electron chi connectivity index (χ4n) is 2.26. The largest absolute Gasteiger partial charge is 0.460 e. The van der Waals surface area contributed by atoms with E-state index in [1.54, 1.807) is 32.0 Å². The topological polar surface area (TPSA) is 65.7 Å². The highest BCUT2D eigenvalue weighted by Gasteiger charge is 2.13. The van der Waals surface area contributed by atoms with E-state index >= 15 is 0 Å². The molecule has 0 atom stereocenters. The van der Waals surface area contributed by atoms with Gasteiger partial charge in [-0.15, -0.1) is 0 Å². The molecule has 3 aromatic rings. The predicted octanol–water partition coefficient (Wildman–Crippen LogP) is 4.46. The van der Waals surface area contributed by atoms with Gasteiger partial charge in [-0.25, -0.2) is 0 Å². The molecule has 5 heteroatoms. The third-order valence-corrected chi connectivity index (χ3v) is 3.62. The van der Waals surface area contributed by atoms with Crippen LogP contribution >= 0.6 is 0 Å². The molecule has 0 unspecified atom stereocenters. The summed E-state index contributed by atoms with van der Waals surface area (Å²) >= 11 is 0. The van der Waals surface area contributed by atoms with Crippen molar-refractivity contribution in [3.8, 4) is 17.2 Å². The van der Waals surface area contributed by atoms with E-state index in [-0.39, 0.29) is 23.1 Å². The smallest absolute Gasteiger partial charge is 0.313 e. The van der Waals surface area contributed by atoms with E-state index in [9.17, 15) is 9.59 Å². The standard InChI is InChI=1S/C20H18O5/c1-12(2)20(22)25-15-7-8-16-17(10-15)23-11-18(19(16)21)24-14-6-4-5-13(3)9-14/h4-12H,1-3H3. The summed E-state index contributed by atoms with van der Waals surface area (Å²) < 4.78 is 16.4. The normalized spacial score (nSPS) is 10.9. The minimum absolute atomic E-state index is 0.102. The zero-order valence-corrected chi connectivity index (χ0v) is 14.2. The van der Waals surface area contributed by atoms with E-state index in [4.69, 9.17) is 13.9 Å². The lowest BCUT2D eigenvalue weighted by atomic mass is 10.2. The molecule has 0 N–H and O–H groups in total. The molecule has 0 fully saturated rings. The van der Waals surface area contributed by atoms with Gasteiger partial charge in [-0.1, -0.05) is 26.0 Å². The lowest BCUT2D eigenvalue weighted by molar-refractivity contribution is -0.137. The van der Waals surface area contributed by atoms with Crippen molar-refractivity contribution < 1.29 is 18.7 Å². The van der Waals surface area contributed by atoms with Gasteiger partial charge in [-0.3, -0.25) is 9.59 Å². The predicted molar refractivity (Wildman–Crippen MR) is 94.2 cm³/mol. The molecule has 0 radical (unpaired) electrons. The molecule has 0 amide bonds. The van der Waals surface area contributed by atoms with Gasteiger partial charge < -0.3 is 13.9 Å². The fraction of sp³-hybridized carbons (Fsp3) is 0.200. The Morgan fingerprint density at radius 3 is 2.60 bits per heavy atom. The second-order valence-electron chi connectivity index (χ2n) is 6.08. The Balaban J connectivity index is 1.92. The van der Waals surface area contributed by atoms with Crippen LogP contribution in [0.1, 0.15) is 19.4 Å². The maximum absolute atomic E-state index is 12.6. The van der Waals surface area contributed by atoms with Crippen LogP contribution in [0.15, 0.2) is 57.9 Å². The SMILES string of the molecule is Cc1cccc(Oc2coc3cc(OC(=O)C(C)C)ccc3c2=O)c1. The number of esters is 1. The summed E-state index contributed by atoms with van der Waals surface area (Å²) in [6.07, 6.45) is 1.26. The molecule has 0 aliphatic carbocycles. The average molecular weight is 338 g/mol. The summed E-state index contributed by atoms with van der Waals surface area (Å²) in [4.78, 5) is 24.2. The monoisotopic (exact) mass is 338 g/mol. The Hall–Kier alpha value is -3.08. The molecule has 1 aromatic heterocycles. The van der Waals surface area contributed by atoms with Gasteiger partial charge in [0.25, 0.3) is 0 Å². The molecule has 0 bridgehead atoms. The molecule has 5 nitrogen and oxygen atoms in total. The maximum Gasteiger partial charge on any atom is 0.313 e. The highest BCUT2D eigenvalue weighted by atomic mass is 16.5. The molecule has 1 heterocycles. The molecule has 0 aliphatic heterocycles. The van der Waals surface area contributed by atoms with Crippen molar-refractivity contribution in [2.24, 2.45) is 5.92 Å². The summed E-state index contributed by atoms with van der Waals surface area (Å²) in [5.41, 5.74) is 1.07. The molecule has 25 heavy (non-hydrogen) atoms. The van der Waals surface area contributed by atoms with E-state index in [0.717, 1.165) is 5.56 Å². The third-order valence-electron chi connectivity index (χ3n) is 3.62. The highest BCUT2D eigenvalue weighted by Crippen LogP contribution is 2.24. The first-order valence-corrected chi connectivity index (χ1v) is 7.96. The molecule has 0 saturated carbocycles. The van der Waals surface area contributed by atoms with Crippen molar-refractivity contribution in [3.05, 3.63) is 64.5 Å². The van der Waals surface area contributed by atoms with Crippen molar-refractivity contribution >= 4 is 16.9 Å². The van der Waals surface area contributed by atoms with Crippen molar-refractivity contribution in [2.45, 2.75) is 20.8 Å². The quantitative estimate of drug-likeness (QED) is 0.519. The van der Waals surface area contributed by atoms with Crippen molar-refractivity contribution in [3.63, 3.8) is 0 Å². The molecular formula is C20H18O5. The summed E-state index contributed by atoms with van der Waals surface area (Å²) in [5.74, 6) is 0.412. The minimum Gasteiger partial charge on any atom is -0.460 e. The Morgan fingerprint density at radius 2 is 1.88 bits per heavy atom. The number of rotatable bonds is 4. The molecule has 128 valence electrons. The van der Waals surface area contributed by atoms with Crippen molar-refractivity contribution in [2.75, 3.05) is 0 Å². The van der Waals surface area contributed by atoms with Crippen LogP contribution in [0, 0.1) is 12.8 Å². The van der Waals surface area contributed by atoms with Gasteiger partial charge in [0.2, 0.25) is 11.2 Å². The Bertz CT molecular complexity index is 985. The summed E-state index contributed by atoms with van der Waals surface area (Å²) in [6.45, 7) is 5.44. The molecule has 0 aliphatic rings. The molecule has 0 spiro atoms. The first kappa shape index (κ1) is 16.8. The van der Waals surface area contributed by atoms with Crippen LogP contribution in [0.4, 0.5) is 0 Å². The summed E-state index contributed by atoms with van der Waals surface area (Å²) in [6, 6.07) is 12.0. The van der Waals surface area contributed by atoms with Crippen LogP contribution < -0.4 is 14.9 Å². The first-order chi connectivity index (χ1) is 11.9. The lowest BCUT2D eigenvalue weighted by Crippen LogP contribution is -2.14. The molecule has 3 rings (SSSR count). The van der Waals surface area contributed by atoms with Gasteiger partial charge in [0.15, 0.2) is 0 Å². The summed E-state index contributed by atoms with van der Waals surface area (Å²) in [7, 11) is 0. The van der Waals surface area contributed by atoms with Crippen LogP contribution in [-0.4, -0.2) is 5.97 Å². The number of fused-ring (bicyclic) bond motifs is 1. The van der Waals surface area contributed by atoms with E-state index in [2.05, 4.69) is 0 Å². The zero-order chi connectivity index (χ0) is 18.0. The molecule has 2 aromatic carbocycles. The Morgan fingerprint density at radius 1 is 1.08 bits per heavy atom. The Kier molecular flexibility index (Phi) is 4.57. The zero-order valence-electron chi connectivity index (χ0n) is 14.2. The summed E-state index contributed by atoms with van der Waals surface area (Å²) in [5, 5.41) is 0.356. The molecular weight excluding hydrogens is 320 g/mol. The first-order valence-electron chi connectivity index (χ1n) is 7.96. The number of ether oxygens (including phenoxy) is 2. The van der Waals surface area contributed by atoms with Crippen LogP contribution in [0.25, 0.3) is 11.0 Å². The second-order valence-corrected chi connectivity index (χ2v) is 6.08. The van der Waals surface area contributed by atoms with Crippen LogP contribution in [0.2, 0.25) is 0 Å². The maximum atomic E-state index is 12.6. The van der Waals surface area contributed by atoms with Gasteiger partial charge in [0, 0.05) is 6.07 Å². The molecule has 0 saturated heterocycles. The van der Waals surface area contributed by atoms with Gasteiger partial charge in [0.1, 0.15) is 23.3 Å². The second kappa shape index (κ2) is 6.81. The fourth-order valence-corrected chi connectivity index (χ4v) is 2.26. The van der Waals surface area contributed by atoms with Crippen molar-refractivity contribution in [1.29, 1.82) is 0 Å². The number of carbonyl (C=O) groups is 1. The van der Waals surface area contributed by atoms with E-state index < -0.39 is 0 Å². The van der Waals surface area contributed by atoms with Gasteiger partial charge in [-0.05, 0) is 36.8 Å². The van der Waals surface area contributed by atoms with Gasteiger partial charge in [-0.2, -0.15) is 0 Å². The number of benzene rings is 2.